The van der Waals surface area contributed by atoms with Crippen molar-refractivity contribution in [3.8, 4) is 0 Å². The lowest BCUT2D eigenvalue weighted by Crippen LogP contribution is -2.53. The molecule has 0 spiro atoms. The molecule has 1 rings (SSSR count). The largest absolute Gasteiger partial charge is 0.467 e. The zero-order valence-corrected chi connectivity index (χ0v) is 11.0. The SMILES string of the molecule is CCC1NCCC1C(=O)NC(C)(C)C(=O)OC. The van der Waals surface area contributed by atoms with Crippen LogP contribution in [0.3, 0.4) is 0 Å². The lowest BCUT2D eigenvalue weighted by atomic mass is 9.95. The molecule has 0 aromatic carbocycles. The van der Waals surface area contributed by atoms with E-state index in [1.807, 2.05) is 0 Å². The van der Waals surface area contributed by atoms with Gasteiger partial charge in [-0.05, 0) is 33.2 Å². The predicted molar refractivity (Wildman–Crippen MR) is 64.4 cm³/mol. The Morgan fingerprint density at radius 1 is 1.47 bits per heavy atom. The fourth-order valence-corrected chi connectivity index (χ4v) is 2.22. The van der Waals surface area contributed by atoms with Gasteiger partial charge in [0.15, 0.2) is 0 Å². The van der Waals surface area contributed by atoms with Crippen LogP contribution in [-0.2, 0) is 14.3 Å². The third kappa shape index (κ3) is 3.19. The average molecular weight is 242 g/mol. The molecule has 0 radical (unpaired) electrons. The van der Waals surface area contributed by atoms with Gasteiger partial charge in [-0.2, -0.15) is 0 Å². The summed E-state index contributed by atoms with van der Waals surface area (Å²) in [6.07, 6.45) is 1.73. The minimum absolute atomic E-state index is 0.0519. The Kier molecular flexibility index (Phi) is 4.51. The zero-order valence-electron chi connectivity index (χ0n) is 11.0. The first-order valence-electron chi connectivity index (χ1n) is 6.06. The van der Waals surface area contributed by atoms with Gasteiger partial charge in [0.2, 0.25) is 5.91 Å². The van der Waals surface area contributed by atoms with Crippen LogP contribution in [0.2, 0.25) is 0 Å². The van der Waals surface area contributed by atoms with Crippen LogP contribution in [0, 0.1) is 5.92 Å². The molecule has 0 bridgehead atoms. The van der Waals surface area contributed by atoms with E-state index in [1.54, 1.807) is 13.8 Å². The van der Waals surface area contributed by atoms with Gasteiger partial charge in [0.25, 0.3) is 0 Å². The molecular formula is C12H22N2O3. The number of hydrogen-bond acceptors (Lipinski definition) is 4. The molecule has 1 heterocycles. The van der Waals surface area contributed by atoms with Crippen molar-refractivity contribution in [1.82, 2.24) is 10.6 Å². The van der Waals surface area contributed by atoms with E-state index in [2.05, 4.69) is 22.3 Å². The molecule has 1 aliphatic heterocycles. The fourth-order valence-electron chi connectivity index (χ4n) is 2.22. The van der Waals surface area contributed by atoms with E-state index >= 15 is 0 Å². The first-order chi connectivity index (χ1) is 7.92. The molecule has 0 aromatic rings. The lowest BCUT2D eigenvalue weighted by molar-refractivity contribution is -0.150. The van der Waals surface area contributed by atoms with Crippen molar-refractivity contribution >= 4 is 11.9 Å². The third-order valence-corrected chi connectivity index (χ3v) is 3.26. The summed E-state index contributed by atoms with van der Waals surface area (Å²) in [6, 6.07) is 0.212. The van der Waals surface area contributed by atoms with E-state index < -0.39 is 11.5 Å². The monoisotopic (exact) mass is 242 g/mol. The van der Waals surface area contributed by atoms with Crippen molar-refractivity contribution in [2.75, 3.05) is 13.7 Å². The Morgan fingerprint density at radius 3 is 2.65 bits per heavy atom. The van der Waals surface area contributed by atoms with Crippen LogP contribution < -0.4 is 10.6 Å². The molecule has 0 aromatic heterocycles. The minimum atomic E-state index is -0.966. The first-order valence-corrected chi connectivity index (χ1v) is 6.06. The highest BCUT2D eigenvalue weighted by Gasteiger charge is 2.37. The molecule has 2 N–H and O–H groups in total. The van der Waals surface area contributed by atoms with E-state index in [0.717, 1.165) is 19.4 Å². The number of amides is 1. The summed E-state index contributed by atoms with van der Waals surface area (Å²) in [5, 5.41) is 6.05. The number of rotatable bonds is 4. The normalized spacial score (nSPS) is 24.5. The lowest BCUT2D eigenvalue weighted by Gasteiger charge is -2.26. The van der Waals surface area contributed by atoms with Gasteiger partial charge >= 0.3 is 5.97 Å². The van der Waals surface area contributed by atoms with Gasteiger partial charge in [-0.25, -0.2) is 4.79 Å². The molecule has 1 aliphatic rings. The Labute approximate surface area is 102 Å². The van der Waals surface area contributed by atoms with E-state index in [4.69, 9.17) is 0 Å². The molecule has 0 aliphatic carbocycles. The van der Waals surface area contributed by atoms with Crippen molar-refractivity contribution in [1.29, 1.82) is 0 Å². The number of ether oxygens (including phenoxy) is 1. The summed E-state index contributed by atoms with van der Waals surface area (Å²) in [4.78, 5) is 23.6. The third-order valence-electron chi connectivity index (χ3n) is 3.26. The molecule has 17 heavy (non-hydrogen) atoms. The molecule has 2 unspecified atom stereocenters. The van der Waals surface area contributed by atoms with Crippen molar-refractivity contribution in [3.63, 3.8) is 0 Å². The van der Waals surface area contributed by atoms with Gasteiger partial charge in [-0.15, -0.1) is 0 Å². The molecule has 1 amide bonds. The Balaban J connectivity index is 2.62. The van der Waals surface area contributed by atoms with Gasteiger partial charge in [-0.3, -0.25) is 4.79 Å². The van der Waals surface area contributed by atoms with Gasteiger partial charge in [0.1, 0.15) is 5.54 Å². The first kappa shape index (κ1) is 14.0. The van der Waals surface area contributed by atoms with Crippen molar-refractivity contribution in [3.05, 3.63) is 0 Å². The van der Waals surface area contributed by atoms with Crippen molar-refractivity contribution in [2.24, 2.45) is 5.92 Å². The summed E-state index contributed by atoms with van der Waals surface area (Å²) in [7, 11) is 1.32. The second-order valence-corrected chi connectivity index (χ2v) is 4.97. The Morgan fingerprint density at radius 2 is 2.12 bits per heavy atom. The van der Waals surface area contributed by atoms with Crippen LogP contribution in [0.15, 0.2) is 0 Å². The highest BCUT2D eigenvalue weighted by atomic mass is 16.5. The number of hydrogen-bond donors (Lipinski definition) is 2. The molecule has 5 nitrogen and oxygen atoms in total. The van der Waals surface area contributed by atoms with Crippen molar-refractivity contribution < 1.29 is 14.3 Å². The van der Waals surface area contributed by atoms with E-state index in [-0.39, 0.29) is 17.9 Å². The maximum Gasteiger partial charge on any atom is 0.330 e. The summed E-state index contributed by atoms with van der Waals surface area (Å²) in [6.45, 7) is 6.21. The zero-order chi connectivity index (χ0) is 13.1. The summed E-state index contributed by atoms with van der Waals surface area (Å²) in [5.41, 5.74) is -0.966. The molecule has 5 heteroatoms. The maximum atomic E-state index is 12.1. The molecule has 1 saturated heterocycles. The summed E-state index contributed by atoms with van der Waals surface area (Å²) < 4.78 is 4.66. The summed E-state index contributed by atoms with van der Waals surface area (Å²) >= 11 is 0. The second-order valence-electron chi connectivity index (χ2n) is 4.97. The van der Waals surface area contributed by atoms with Gasteiger partial charge in [0.05, 0.1) is 13.0 Å². The highest BCUT2D eigenvalue weighted by Crippen LogP contribution is 2.19. The number of esters is 1. The standard InChI is InChI=1S/C12H22N2O3/c1-5-9-8(6-7-13-9)10(15)14-12(2,3)11(16)17-4/h8-9,13H,5-7H2,1-4H3,(H,14,15). The van der Waals surface area contributed by atoms with Crippen LogP contribution in [-0.4, -0.2) is 37.1 Å². The number of carbonyl (C=O) groups is 2. The van der Waals surface area contributed by atoms with Crippen LogP contribution in [0.4, 0.5) is 0 Å². The Hall–Kier alpha value is -1.10. The van der Waals surface area contributed by atoms with Crippen LogP contribution >= 0.6 is 0 Å². The van der Waals surface area contributed by atoms with Crippen LogP contribution in [0.5, 0.6) is 0 Å². The predicted octanol–water partition coefficient (Wildman–Crippen LogP) is 0.442. The summed E-state index contributed by atoms with van der Waals surface area (Å²) in [5.74, 6) is -0.550. The molecule has 0 saturated carbocycles. The van der Waals surface area contributed by atoms with E-state index in [0.29, 0.717) is 0 Å². The molecule has 98 valence electrons. The molecule has 2 atom stereocenters. The average Bonchev–Trinajstić information content (AvgIpc) is 2.75. The van der Waals surface area contributed by atoms with E-state index in [9.17, 15) is 9.59 Å². The quantitative estimate of drug-likeness (QED) is 0.702. The number of methoxy groups -OCH3 is 1. The topological polar surface area (TPSA) is 67.4 Å². The van der Waals surface area contributed by atoms with Gasteiger partial charge in [-0.1, -0.05) is 6.92 Å². The maximum absolute atomic E-state index is 12.1. The van der Waals surface area contributed by atoms with Crippen molar-refractivity contribution in [2.45, 2.75) is 45.2 Å². The Bertz CT molecular complexity index is 302. The van der Waals surface area contributed by atoms with E-state index in [1.165, 1.54) is 7.11 Å². The van der Waals surface area contributed by atoms with Gasteiger partial charge in [0, 0.05) is 6.04 Å². The molecular weight excluding hydrogens is 220 g/mol. The van der Waals surface area contributed by atoms with Crippen LogP contribution in [0.25, 0.3) is 0 Å². The molecule has 1 fully saturated rings. The van der Waals surface area contributed by atoms with Gasteiger partial charge < -0.3 is 15.4 Å². The number of nitrogens with one attached hydrogen (secondary N) is 2. The number of carbonyl (C=O) groups excluding carboxylic acids is 2. The minimum Gasteiger partial charge on any atom is -0.467 e. The van der Waals surface area contributed by atoms with Crippen LogP contribution in [0.1, 0.15) is 33.6 Å². The highest BCUT2D eigenvalue weighted by molar-refractivity contribution is 5.88. The smallest absolute Gasteiger partial charge is 0.330 e. The fraction of sp³-hybridized carbons (Fsp3) is 0.833. The second kappa shape index (κ2) is 5.49.